The second kappa shape index (κ2) is 16.0. The van der Waals surface area contributed by atoms with Gasteiger partial charge in [-0.1, -0.05) is 11.8 Å². The number of carbonyl (C=O) groups excluding carboxylic acids is 1. The first-order chi connectivity index (χ1) is 24.8. The number of nitrogens with two attached hydrogens (primary N) is 3. The monoisotopic (exact) mass is 797 g/mol. The number of nitrogens with zero attached hydrogens (tertiary/aromatic N) is 3. The second-order valence-electron chi connectivity index (χ2n) is 11.6. The predicted molar refractivity (Wildman–Crippen MR) is 185 cm³/mol. The molecule has 0 saturated carbocycles. The van der Waals surface area contributed by atoms with Crippen LogP contribution in [0.25, 0.3) is 21.8 Å². The molecule has 1 aliphatic rings. The summed E-state index contributed by atoms with van der Waals surface area (Å²) in [6, 6.07) is 13.3. The summed E-state index contributed by atoms with van der Waals surface area (Å²) in [6.07, 6.45) is -2.45. The maximum atomic E-state index is 12.7. The molecule has 0 aliphatic carbocycles. The highest BCUT2D eigenvalue weighted by Gasteiger charge is 2.41. The van der Waals surface area contributed by atoms with Gasteiger partial charge in [-0.05, 0) is 30.3 Å². The Morgan fingerprint density at radius 1 is 1.04 bits per heavy atom. The fraction of sp³-hybridized carbons (Fsp3) is 0.310. The lowest BCUT2D eigenvalue weighted by Crippen LogP contribution is -2.36. The van der Waals surface area contributed by atoms with Crippen LogP contribution in [-0.2, 0) is 42.9 Å². The van der Waals surface area contributed by atoms with Gasteiger partial charge in [-0.3, -0.25) is 18.5 Å². The van der Waals surface area contributed by atoms with Crippen molar-refractivity contribution in [2.75, 3.05) is 30.4 Å². The number of benzene rings is 2. The van der Waals surface area contributed by atoms with E-state index in [2.05, 4.69) is 39.9 Å². The molecular formula is C29H34N7O14P3. The number of pyridine rings is 1. The van der Waals surface area contributed by atoms with Crippen LogP contribution in [0, 0.1) is 11.8 Å². The van der Waals surface area contributed by atoms with Crippen molar-refractivity contribution in [1.82, 2.24) is 14.9 Å². The van der Waals surface area contributed by atoms with Gasteiger partial charge in [-0.2, -0.15) is 13.9 Å². The first-order valence-corrected chi connectivity index (χ1v) is 19.9. The second-order valence-corrected chi connectivity index (χ2v) is 16.0. The predicted octanol–water partition coefficient (Wildman–Crippen LogP) is -0.108. The standard InChI is InChI=1S/C29H34N7O14P3/c30-20-7-5-17-11-18-6-8-21(31)13-23(18)35(22(17)12-20)10-2-4-26(38)33-9-1-3-19-15-36(29(39)34-28(19)32)27-14-24(37)25(48-27)16-47-52(43,44)50-53(45,46)49-51(40,41)42/h5-8,11-13,15,24-25,27,37H,2,4,9-10,14,16H2,(H10,30,31,32,33,34,38,39,40,41,42,43,44,45,46)/t24-,25?,27?/m0/s1. The number of hydrogen-bond donors (Lipinski definition) is 8. The van der Waals surface area contributed by atoms with E-state index in [4.69, 9.17) is 26.8 Å². The number of rotatable bonds is 13. The number of aromatic nitrogens is 3. The van der Waals surface area contributed by atoms with Gasteiger partial charge in [-0.25, -0.2) is 18.2 Å². The van der Waals surface area contributed by atoms with Crippen LogP contribution < -0.4 is 37.7 Å². The molecule has 53 heavy (non-hydrogen) atoms. The van der Waals surface area contributed by atoms with E-state index in [1.165, 1.54) is 6.20 Å². The number of aliphatic hydroxyl groups is 1. The quantitative estimate of drug-likeness (QED) is 0.0288. The number of anilines is 3. The first kappa shape index (κ1) is 39.9. The van der Waals surface area contributed by atoms with Crippen molar-refractivity contribution in [3.63, 3.8) is 0 Å². The van der Waals surface area contributed by atoms with E-state index in [0.717, 1.165) is 26.4 Å². The van der Waals surface area contributed by atoms with Gasteiger partial charge in [0.15, 0.2) is 0 Å². The fourth-order valence-electron chi connectivity index (χ4n) is 5.43. The number of nitrogen functional groups attached to an aromatic ring is 3. The van der Waals surface area contributed by atoms with E-state index in [9.17, 15) is 43.1 Å². The van der Waals surface area contributed by atoms with Gasteiger partial charge in [0.2, 0.25) is 16.9 Å². The van der Waals surface area contributed by atoms with Crippen LogP contribution in [0.2, 0.25) is 0 Å². The van der Waals surface area contributed by atoms with Crippen LogP contribution in [0.15, 0.2) is 53.5 Å². The molecule has 24 heteroatoms. The molecule has 4 aromatic rings. The number of carbonyl (C=O) groups is 1. The van der Waals surface area contributed by atoms with Gasteiger partial charge in [-0.15, -0.1) is 0 Å². The summed E-state index contributed by atoms with van der Waals surface area (Å²) in [6.45, 7) is -0.533. The van der Waals surface area contributed by atoms with E-state index in [0.29, 0.717) is 24.3 Å². The molecule has 2 aromatic heterocycles. The largest absolute Gasteiger partial charge is 0.756 e. The zero-order chi connectivity index (χ0) is 38.7. The number of nitrogens with one attached hydrogen (secondary N) is 1. The van der Waals surface area contributed by atoms with Crippen LogP contribution in [0.3, 0.4) is 0 Å². The molecule has 3 heterocycles. The van der Waals surface area contributed by atoms with Crippen molar-refractivity contribution in [2.45, 2.75) is 44.2 Å². The van der Waals surface area contributed by atoms with Crippen LogP contribution in [0.5, 0.6) is 0 Å². The smallest absolute Gasteiger partial charge is 0.487 e. The number of aryl methyl sites for hydroxylation is 1. The van der Waals surface area contributed by atoms with Crippen molar-refractivity contribution in [3.05, 3.63) is 64.7 Å². The highest BCUT2D eigenvalue weighted by Crippen LogP contribution is 2.65. The minimum Gasteiger partial charge on any atom is -0.756 e. The van der Waals surface area contributed by atoms with E-state index >= 15 is 0 Å². The minimum atomic E-state index is -5.84. The molecule has 1 amide bonds. The third-order valence-corrected chi connectivity index (χ3v) is 11.5. The molecule has 5 rings (SSSR count). The molecule has 11 N–H and O–H groups in total. The summed E-state index contributed by atoms with van der Waals surface area (Å²) in [5.74, 6) is 4.93. The van der Waals surface area contributed by atoms with Gasteiger partial charge >= 0.3 is 21.3 Å². The highest BCUT2D eigenvalue weighted by atomic mass is 31.3. The van der Waals surface area contributed by atoms with E-state index < -0.39 is 54.2 Å². The molecule has 5 unspecified atom stereocenters. The Hall–Kier alpha value is -4.25. The Labute approximate surface area is 299 Å². The van der Waals surface area contributed by atoms with Crippen LogP contribution in [-0.4, -0.2) is 60.6 Å². The Morgan fingerprint density at radius 3 is 2.30 bits per heavy atom. The van der Waals surface area contributed by atoms with Crippen LogP contribution in [0.1, 0.15) is 31.1 Å². The Bertz CT molecular complexity index is 2270. The van der Waals surface area contributed by atoms with E-state index in [1.54, 1.807) is 0 Å². The average molecular weight is 798 g/mol. The first-order valence-electron chi connectivity index (χ1n) is 15.4. The number of phosphoric ester groups is 1. The number of phosphoric acid groups is 3. The molecule has 2 aromatic carbocycles. The maximum Gasteiger partial charge on any atom is 0.487 e. The third kappa shape index (κ3) is 10.7. The van der Waals surface area contributed by atoms with Crippen molar-refractivity contribution < 1.29 is 65.6 Å². The van der Waals surface area contributed by atoms with Gasteiger partial charge in [0, 0.05) is 59.7 Å². The zero-order valence-corrected chi connectivity index (χ0v) is 30.1. The number of ether oxygens (including phenoxy) is 1. The minimum absolute atomic E-state index is 0.0703. The SMILES string of the molecule is Nc1ccc2cc3ccc(N)cc3[n+](CCCC(=O)NCC#Cc3cn(C4C[C@H](O)C(COP(=O)(O)OP(=O)(O)OP(=O)([O-])O)O4)c(=O)nc3N)c2c1. The molecule has 0 bridgehead atoms. The summed E-state index contributed by atoms with van der Waals surface area (Å²) < 4.78 is 54.3. The lowest BCUT2D eigenvalue weighted by Gasteiger charge is -2.21. The van der Waals surface area contributed by atoms with Gasteiger partial charge in [0.25, 0.3) is 7.82 Å². The molecule has 1 fully saturated rings. The third-order valence-electron chi connectivity index (χ3n) is 7.69. The topological polar surface area (TPSA) is 338 Å². The van der Waals surface area contributed by atoms with Crippen LogP contribution in [0.4, 0.5) is 17.2 Å². The number of aliphatic hydroxyl groups excluding tert-OH is 1. The summed E-state index contributed by atoms with van der Waals surface area (Å²) >= 11 is 0. The summed E-state index contributed by atoms with van der Waals surface area (Å²) in [5.41, 5.74) is 20.1. The van der Waals surface area contributed by atoms with Crippen molar-refractivity contribution in [2.24, 2.45) is 0 Å². The van der Waals surface area contributed by atoms with Crippen LogP contribution >= 0.6 is 23.5 Å². The van der Waals surface area contributed by atoms with E-state index in [-0.39, 0.29) is 36.7 Å². The lowest BCUT2D eigenvalue weighted by atomic mass is 10.1. The van der Waals surface area contributed by atoms with Crippen molar-refractivity contribution in [3.8, 4) is 11.8 Å². The number of hydrogen-bond acceptors (Lipinski definition) is 15. The Balaban J connectivity index is 1.16. The highest BCUT2D eigenvalue weighted by molar-refractivity contribution is 7.66. The summed E-state index contributed by atoms with van der Waals surface area (Å²) in [7, 11) is -17.2. The molecular weight excluding hydrogens is 763 g/mol. The average Bonchev–Trinajstić information content (AvgIpc) is 3.41. The van der Waals surface area contributed by atoms with Gasteiger partial charge in [0.05, 0.1) is 24.8 Å². The van der Waals surface area contributed by atoms with Crippen molar-refractivity contribution >= 4 is 68.4 Å². The Morgan fingerprint density at radius 2 is 1.68 bits per heavy atom. The molecule has 6 atom stereocenters. The molecule has 1 saturated heterocycles. The molecule has 0 radical (unpaired) electrons. The molecule has 1 aliphatic heterocycles. The molecule has 0 spiro atoms. The molecule has 284 valence electrons. The van der Waals surface area contributed by atoms with E-state index in [1.807, 2.05) is 42.5 Å². The zero-order valence-electron chi connectivity index (χ0n) is 27.4. The molecule has 21 nitrogen and oxygen atoms in total. The van der Waals surface area contributed by atoms with Gasteiger partial charge < -0.3 is 51.9 Å². The van der Waals surface area contributed by atoms with Crippen molar-refractivity contribution in [1.29, 1.82) is 0 Å². The number of fused-ring (bicyclic) bond motifs is 2. The summed E-state index contributed by atoms with van der Waals surface area (Å²) in [5, 5.41) is 15.0. The summed E-state index contributed by atoms with van der Waals surface area (Å²) in [4.78, 5) is 67.0. The normalized spacial score (nSPS) is 20.6. The lowest BCUT2D eigenvalue weighted by molar-refractivity contribution is -0.645. The number of amides is 1. The Kier molecular flexibility index (Phi) is 12.1. The van der Waals surface area contributed by atoms with Gasteiger partial charge in [0.1, 0.15) is 24.7 Å². The maximum absolute atomic E-state index is 12.7. The fourth-order valence-corrected chi connectivity index (χ4v) is 8.42.